The molecule has 1 N–H and O–H groups in total. The molecule has 1 unspecified atom stereocenters. The molecular formula is C28H38O6. The van der Waals surface area contributed by atoms with Gasteiger partial charge in [0.2, 0.25) is 0 Å². The van der Waals surface area contributed by atoms with Gasteiger partial charge in [-0.3, -0.25) is 4.79 Å². The first-order valence-corrected chi connectivity index (χ1v) is 12.5. The van der Waals surface area contributed by atoms with E-state index < -0.39 is 5.97 Å². The van der Waals surface area contributed by atoms with Crippen LogP contribution in [-0.4, -0.2) is 43.3 Å². The fourth-order valence-corrected chi connectivity index (χ4v) is 4.63. The molecule has 6 nitrogen and oxygen atoms in total. The number of carboxylic acids is 1. The molecule has 2 aliphatic rings. The number of unbranched alkanes of at least 4 members (excludes halogenated alkanes) is 1. The summed E-state index contributed by atoms with van der Waals surface area (Å²) in [7, 11) is 1.69. The number of aryl methyl sites for hydroxylation is 1. The van der Waals surface area contributed by atoms with E-state index in [0.717, 1.165) is 72.3 Å². The average molecular weight is 471 g/mol. The number of allylic oxidation sites excluding steroid dienone is 1. The Morgan fingerprint density at radius 1 is 1.18 bits per heavy atom. The van der Waals surface area contributed by atoms with E-state index >= 15 is 0 Å². The lowest BCUT2D eigenvalue weighted by Gasteiger charge is -2.33. The summed E-state index contributed by atoms with van der Waals surface area (Å²) in [5, 5.41) is 9.75. The lowest BCUT2D eigenvalue weighted by atomic mass is 9.84. The molecule has 0 saturated carbocycles. The summed E-state index contributed by atoms with van der Waals surface area (Å²) in [5.74, 6) is 0.241. The van der Waals surface area contributed by atoms with Gasteiger partial charge in [0.1, 0.15) is 23.2 Å². The number of carboxylic acid groups (broad SMARTS) is 1. The van der Waals surface area contributed by atoms with E-state index in [0.29, 0.717) is 19.6 Å². The highest BCUT2D eigenvalue weighted by Crippen LogP contribution is 2.45. The first-order chi connectivity index (χ1) is 16.4. The third-order valence-electron chi connectivity index (χ3n) is 6.46. The molecule has 0 bridgehead atoms. The third kappa shape index (κ3) is 6.09. The summed E-state index contributed by atoms with van der Waals surface area (Å²) < 4.78 is 17.8. The van der Waals surface area contributed by atoms with Crippen molar-refractivity contribution >= 4 is 17.3 Å². The highest BCUT2D eigenvalue weighted by atomic mass is 16.5. The van der Waals surface area contributed by atoms with E-state index in [9.17, 15) is 14.7 Å². The van der Waals surface area contributed by atoms with Gasteiger partial charge in [-0.2, -0.15) is 0 Å². The first kappa shape index (κ1) is 26.0. The molecule has 1 heterocycles. The Balaban J connectivity index is 2.14. The number of hydrogen-bond donors (Lipinski definition) is 1. The molecule has 0 aromatic heterocycles. The van der Waals surface area contributed by atoms with Gasteiger partial charge in [-0.25, -0.2) is 4.79 Å². The van der Waals surface area contributed by atoms with Crippen LogP contribution in [-0.2, 0) is 20.7 Å². The van der Waals surface area contributed by atoms with Crippen molar-refractivity contribution < 1.29 is 28.9 Å². The smallest absolute Gasteiger partial charge is 0.339 e. The van der Waals surface area contributed by atoms with Crippen molar-refractivity contribution in [2.75, 3.05) is 20.3 Å². The van der Waals surface area contributed by atoms with E-state index in [2.05, 4.69) is 26.8 Å². The van der Waals surface area contributed by atoms with Crippen LogP contribution in [0.3, 0.4) is 0 Å². The zero-order chi connectivity index (χ0) is 24.7. The highest BCUT2D eigenvalue weighted by Gasteiger charge is 2.33. The molecule has 1 aliphatic carbocycles. The Bertz CT molecular complexity index is 956. The summed E-state index contributed by atoms with van der Waals surface area (Å²) in [6, 6.07) is 4.17. The monoisotopic (exact) mass is 470 g/mol. The van der Waals surface area contributed by atoms with E-state index in [1.165, 1.54) is 0 Å². The number of fused-ring (bicyclic) bond motifs is 2. The van der Waals surface area contributed by atoms with Crippen molar-refractivity contribution in [3.8, 4) is 11.5 Å². The van der Waals surface area contributed by atoms with E-state index in [1.807, 2.05) is 6.07 Å². The topological polar surface area (TPSA) is 82.1 Å². The minimum Gasteiger partial charge on any atom is -0.493 e. The van der Waals surface area contributed by atoms with E-state index in [1.54, 1.807) is 13.2 Å². The number of aliphatic carboxylic acids is 1. The second kappa shape index (κ2) is 12.2. The molecule has 0 amide bonds. The van der Waals surface area contributed by atoms with Crippen molar-refractivity contribution in [1.82, 2.24) is 0 Å². The van der Waals surface area contributed by atoms with Crippen LogP contribution in [0.15, 0.2) is 29.4 Å². The maximum Gasteiger partial charge on any atom is 0.339 e. The lowest BCUT2D eigenvalue weighted by molar-refractivity contribution is -0.134. The third-order valence-corrected chi connectivity index (χ3v) is 6.46. The van der Waals surface area contributed by atoms with Gasteiger partial charge >= 0.3 is 5.97 Å². The van der Waals surface area contributed by atoms with Crippen molar-refractivity contribution in [3.05, 3.63) is 40.5 Å². The number of ether oxygens (including phenoxy) is 3. The largest absolute Gasteiger partial charge is 0.493 e. The predicted molar refractivity (Wildman–Crippen MR) is 132 cm³/mol. The summed E-state index contributed by atoms with van der Waals surface area (Å²) in [4.78, 5) is 24.5. The van der Waals surface area contributed by atoms with Gasteiger partial charge in [0.25, 0.3) is 0 Å². The summed E-state index contributed by atoms with van der Waals surface area (Å²) in [6.07, 6.45) is 7.63. The fourth-order valence-electron chi connectivity index (χ4n) is 4.63. The summed E-state index contributed by atoms with van der Waals surface area (Å²) >= 11 is 0. The molecule has 0 spiro atoms. The van der Waals surface area contributed by atoms with Gasteiger partial charge in [0.05, 0.1) is 6.61 Å². The number of rotatable bonds is 10. The molecule has 0 fully saturated rings. The Kier molecular flexibility index (Phi) is 9.34. The van der Waals surface area contributed by atoms with Crippen LogP contribution < -0.4 is 9.47 Å². The van der Waals surface area contributed by atoms with Crippen LogP contribution in [0, 0.1) is 5.92 Å². The Morgan fingerprint density at radius 2 is 1.94 bits per heavy atom. The van der Waals surface area contributed by atoms with Gasteiger partial charge in [0, 0.05) is 38.2 Å². The molecule has 0 saturated heterocycles. The predicted octanol–water partition coefficient (Wildman–Crippen LogP) is 5.77. The average Bonchev–Trinajstić information content (AvgIpc) is 2.89. The maximum absolute atomic E-state index is 12.6. The number of benzene rings is 1. The molecule has 6 heteroatoms. The second-order valence-corrected chi connectivity index (χ2v) is 9.46. The molecule has 34 heavy (non-hydrogen) atoms. The maximum atomic E-state index is 12.6. The van der Waals surface area contributed by atoms with Crippen LogP contribution in [0.1, 0.15) is 76.8 Å². The number of hydrogen-bond acceptors (Lipinski definition) is 5. The second-order valence-electron chi connectivity index (χ2n) is 9.46. The van der Waals surface area contributed by atoms with Crippen LogP contribution in [0.5, 0.6) is 11.5 Å². The van der Waals surface area contributed by atoms with Crippen molar-refractivity contribution in [1.29, 1.82) is 0 Å². The molecule has 186 valence electrons. The molecule has 1 aromatic rings. The van der Waals surface area contributed by atoms with Gasteiger partial charge in [-0.05, 0) is 66.9 Å². The van der Waals surface area contributed by atoms with Crippen molar-refractivity contribution in [2.45, 2.75) is 78.2 Å². The Labute approximate surface area is 203 Å². The van der Waals surface area contributed by atoms with Crippen LogP contribution in [0.2, 0.25) is 0 Å². The molecule has 1 aromatic carbocycles. The molecule has 1 atom stereocenters. The SMILES string of the molecule is CCCCc1cc2c(cc1OCCCOC)OC(C(C)C)C1=C2CCCCC(=O)C(C(=O)O)=C1. The standard InChI is InChI=1S/C28H38O6/c1-5-6-10-19-15-21-20-11-7-8-12-24(29)23(28(30)31)16-22(20)27(18(2)3)34-26(21)17-25(19)33-14-9-13-32-4/h15-18,27H,5-14H2,1-4H3,(H,30,31). The van der Waals surface area contributed by atoms with E-state index in [4.69, 9.17) is 14.2 Å². The van der Waals surface area contributed by atoms with Crippen molar-refractivity contribution in [3.63, 3.8) is 0 Å². The molecular weight excluding hydrogens is 432 g/mol. The molecule has 1 aliphatic heterocycles. The van der Waals surface area contributed by atoms with Crippen molar-refractivity contribution in [2.24, 2.45) is 5.92 Å². The van der Waals surface area contributed by atoms with E-state index in [-0.39, 0.29) is 29.8 Å². The zero-order valence-electron chi connectivity index (χ0n) is 20.9. The number of ketones is 1. The quantitative estimate of drug-likeness (QED) is 0.345. The number of methoxy groups -OCH3 is 1. The van der Waals surface area contributed by atoms with Crippen LogP contribution in [0.25, 0.3) is 5.57 Å². The lowest BCUT2D eigenvalue weighted by Crippen LogP contribution is -2.30. The highest BCUT2D eigenvalue weighted by molar-refractivity contribution is 6.17. The van der Waals surface area contributed by atoms with Crippen LogP contribution >= 0.6 is 0 Å². The Hall–Kier alpha value is -2.60. The number of carbonyl (C=O) groups is 2. The van der Waals surface area contributed by atoms with Gasteiger partial charge in [-0.1, -0.05) is 27.2 Å². The minimum atomic E-state index is -1.17. The summed E-state index contributed by atoms with van der Waals surface area (Å²) in [5.41, 5.74) is 3.91. The molecule has 3 rings (SSSR count). The first-order valence-electron chi connectivity index (χ1n) is 12.5. The van der Waals surface area contributed by atoms with Gasteiger partial charge in [-0.15, -0.1) is 0 Å². The van der Waals surface area contributed by atoms with Gasteiger partial charge in [0.15, 0.2) is 5.78 Å². The number of Topliss-reactive ketones (excluding diaryl/α,β-unsaturated/α-hetero) is 1. The molecule has 0 radical (unpaired) electrons. The Morgan fingerprint density at radius 3 is 2.62 bits per heavy atom. The summed E-state index contributed by atoms with van der Waals surface area (Å²) in [6.45, 7) is 7.50. The minimum absolute atomic E-state index is 0.103. The van der Waals surface area contributed by atoms with Gasteiger partial charge < -0.3 is 19.3 Å². The van der Waals surface area contributed by atoms with Crippen LogP contribution in [0.4, 0.5) is 0 Å². The normalized spacial score (nSPS) is 18.3. The fraction of sp³-hybridized carbons (Fsp3) is 0.571. The number of carbonyl (C=O) groups excluding carboxylic acids is 1. The zero-order valence-corrected chi connectivity index (χ0v) is 20.9.